The van der Waals surface area contributed by atoms with E-state index in [1.54, 1.807) is 10.9 Å². The van der Waals surface area contributed by atoms with Crippen molar-refractivity contribution in [1.29, 1.82) is 0 Å². The van der Waals surface area contributed by atoms with E-state index in [0.29, 0.717) is 18.7 Å². The first-order valence-corrected chi connectivity index (χ1v) is 5.56. The number of halogens is 2. The second kappa shape index (κ2) is 5.86. The fraction of sp³-hybridized carbons (Fsp3) is 0.455. The Bertz CT molecular complexity index is 519. The smallest absolute Gasteiger partial charge is 0.216 e. The molecule has 0 aliphatic rings. The predicted molar refractivity (Wildman–Crippen MR) is 70.4 cm³/mol. The molecule has 0 bridgehead atoms. The van der Waals surface area contributed by atoms with Crippen molar-refractivity contribution in [2.24, 2.45) is 7.05 Å². The third-order valence-electron chi connectivity index (χ3n) is 2.63. The summed E-state index contributed by atoms with van der Waals surface area (Å²) >= 11 is 0. The second-order valence-corrected chi connectivity index (χ2v) is 3.93. The van der Waals surface area contributed by atoms with E-state index >= 15 is 0 Å². The minimum absolute atomic E-state index is 0. The van der Waals surface area contributed by atoms with Crippen LogP contribution < -0.4 is 5.32 Å². The van der Waals surface area contributed by atoms with Crippen LogP contribution in [0.2, 0.25) is 0 Å². The molecule has 0 aliphatic carbocycles. The normalized spacial score (nSPS) is 10.2. The number of anilines is 1. The Kier molecular flexibility index (Phi) is 4.72. The van der Waals surface area contributed by atoms with Crippen LogP contribution >= 0.6 is 12.4 Å². The highest BCUT2D eigenvalue weighted by Crippen LogP contribution is 2.14. The Labute approximate surface area is 111 Å². The first kappa shape index (κ1) is 14.5. The molecule has 5 nitrogen and oxygen atoms in total. The highest BCUT2D eigenvalue weighted by Gasteiger charge is 2.09. The van der Waals surface area contributed by atoms with Crippen LogP contribution in [0, 0.1) is 12.9 Å². The van der Waals surface area contributed by atoms with Crippen LogP contribution in [0.3, 0.4) is 0 Å². The van der Waals surface area contributed by atoms with Crippen LogP contribution in [0.25, 0.3) is 0 Å². The summed E-state index contributed by atoms with van der Waals surface area (Å²) in [6.45, 7) is 4.73. The van der Waals surface area contributed by atoms with Gasteiger partial charge >= 0.3 is 0 Å². The Hall–Kier alpha value is -1.56. The van der Waals surface area contributed by atoms with Gasteiger partial charge in [0.25, 0.3) is 0 Å². The first-order chi connectivity index (χ1) is 8.11. The van der Waals surface area contributed by atoms with Crippen molar-refractivity contribution in [2.75, 3.05) is 5.32 Å². The van der Waals surface area contributed by atoms with Gasteiger partial charge in [0.1, 0.15) is 0 Å². The highest BCUT2D eigenvalue weighted by molar-refractivity contribution is 5.85. The van der Waals surface area contributed by atoms with E-state index in [1.807, 2.05) is 27.1 Å². The second-order valence-electron chi connectivity index (χ2n) is 3.93. The number of nitrogens with one attached hydrogen (secondary N) is 1. The lowest BCUT2D eigenvalue weighted by atomic mass is 10.3. The summed E-state index contributed by atoms with van der Waals surface area (Å²) < 4.78 is 16.7. The Balaban J connectivity index is 0.00000162. The molecular formula is C11H17ClFN5. The summed E-state index contributed by atoms with van der Waals surface area (Å²) in [5, 5.41) is 11.3. The zero-order chi connectivity index (χ0) is 12.4. The maximum atomic E-state index is 13.7. The topological polar surface area (TPSA) is 47.7 Å². The fourth-order valence-corrected chi connectivity index (χ4v) is 1.71. The molecule has 7 heteroatoms. The summed E-state index contributed by atoms with van der Waals surface area (Å²) in [5.74, 6) is -0.276. The molecule has 0 amide bonds. The van der Waals surface area contributed by atoms with Gasteiger partial charge in [0.2, 0.25) is 5.95 Å². The number of aromatic nitrogens is 4. The molecule has 0 aliphatic heterocycles. The number of rotatable bonds is 4. The summed E-state index contributed by atoms with van der Waals surface area (Å²) in [4.78, 5) is 0. The van der Waals surface area contributed by atoms with E-state index in [9.17, 15) is 4.39 Å². The molecule has 0 radical (unpaired) electrons. The SMILES string of the molecule is CCn1ncc(CNc2cn(C)nc2C)c1F.Cl. The number of aryl methyl sites for hydroxylation is 3. The molecule has 0 spiro atoms. The molecule has 100 valence electrons. The van der Waals surface area contributed by atoms with Crippen molar-refractivity contribution in [3.63, 3.8) is 0 Å². The maximum Gasteiger partial charge on any atom is 0.216 e. The Morgan fingerprint density at radius 2 is 2.17 bits per heavy atom. The van der Waals surface area contributed by atoms with Crippen LogP contribution in [0.1, 0.15) is 18.2 Å². The van der Waals surface area contributed by atoms with E-state index in [4.69, 9.17) is 0 Å². The lowest BCUT2D eigenvalue weighted by Crippen LogP contribution is -2.04. The third-order valence-corrected chi connectivity index (χ3v) is 2.63. The standard InChI is InChI=1S/C11H16FN5.ClH/c1-4-17-11(12)9(6-14-17)5-13-10-7-16(3)15-8(10)2;/h6-7,13H,4-5H2,1-3H3;1H. The van der Waals surface area contributed by atoms with Gasteiger partial charge in [-0.25, -0.2) is 4.68 Å². The molecule has 18 heavy (non-hydrogen) atoms. The Morgan fingerprint density at radius 1 is 1.44 bits per heavy atom. The predicted octanol–water partition coefficient (Wildman–Crippen LogP) is 2.12. The molecule has 1 N–H and O–H groups in total. The van der Waals surface area contributed by atoms with Crippen molar-refractivity contribution in [1.82, 2.24) is 19.6 Å². The van der Waals surface area contributed by atoms with Gasteiger partial charge in [0, 0.05) is 31.9 Å². The van der Waals surface area contributed by atoms with E-state index in [-0.39, 0.29) is 18.4 Å². The van der Waals surface area contributed by atoms with Gasteiger partial charge in [0.15, 0.2) is 0 Å². The number of hydrogen-bond donors (Lipinski definition) is 1. The van der Waals surface area contributed by atoms with Crippen LogP contribution in [-0.2, 0) is 20.1 Å². The van der Waals surface area contributed by atoms with Crippen LogP contribution in [0.15, 0.2) is 12.4 Å². The Morgan fingerprint density at radius 3 is 2.67 bits per heavy atom. The summed E-state index contributed by atoms with van der Waals surface area (Å²) in [5.41, 5.74) is 2.38. The zero-order valence-corrected chi connectivity index (χ0v) is 11.5. The monoisotopic (exact) mass is 273 g/mol. The minimum Gasteiger partial charge on any atom is -0.378 e. The zero-order valence-electron chi connectivity index (χ0n) is 10.6. The van der Waals surface area contributed by atoms with Crippen LogP contribution in [0.5, 0.6) is 0 Å². The van der Waals surface area contributed by atoms with Gasteiger partial charge in [-0.05, 0) is 13.8 Å². The molecule has 0 fully saturated rings. The van der Waals surface area contributed by atoms with Crippen LogP contribution in [0.4, 0.5) is 10.1 Å². The van der Waals surface area contributed by atoms with Gasteiger partial charge in [-0.3, -0.25) is 4.68 Å². The van der Waals surface area contributed by atoms with Crippen molar-refractivity contribution in [3.8, 4) is 0 Å². The maximum absolute atomic E-state index is 13.7. The largest absolute Gasteiger partial charge is 0.378 e. The van der Waals surface area contributed by atoms with E-state index in [2.05, 4.69) is 15.5 Å². The average molecular weight is 274 g/mol. The van der Waals surface area contributed by atoms with Crippen molar-refractivity contribution >= 4 is 18.1 Å². The van der Waals surface area contributed by atoms with Gasteiger partial charge in [-0.2, -0.15) is 14.6 Å². The molecule has 0 unspecified atom stereocenters. The van der Waals surface area contributed by atoms with E-state index in [1.165, 1.54) is 4.68 Å². The quantitative estimate of drug-likeness (QED) is 0.928. The molecule has 0 atom stereocenters. The van der Waals surface area contributed by atoms with Crippen LogP contribution in [-0.4, -0.2) is 19.6 Å². The van der Waals surface area contributed by atoms with E-state index < -0.39 is 0 Å². The molecule has 2 heterocycles. The van der Waals surface area contributed by atoms with E-state index in [0.717, 1.165) is 11.4 Å². The van der Waals surface area contributed by atoms with Gasteiger partial charge in [0.05, 0.1) is 17.6 Å². The number of nitrogens with zero attached hydrogens (tertiary/aromatic N) is 4. The number of hydrogen-bond acceptors (Lipinski definition) is 3. The third kappa shape index (κ3) is 2.81. The molecule has 0 saturated heterocycles. The minimum atomic E-state index is -0.276. The lowest BCUT2D eigenvalue weighted by Gasteiger charge is -2.03. The molecule has 2 aromatic heterocycles. The van der Waals surface area contributed by atoms with Crippen molar-refractivity contribution < 1.29 is 4.39 Å². The van der Waals surface area contributed by atoms with Gasteiger partial charge in [-0.1, -0.05) is 0 Å². The molecule has 2 rings (SSSR count). The van der Waals surface area contributed by atoms with Gasteiger partial charge < -0.3 is 5.32 Å². The average Bonchev–Trinajstić information content (AvgIpc) is 2.79. The summed E-state index contributed by atoms with van der Waals surface area (Å²) in [7, 11) is 1.86. The van der Waals surface area contributed by atoms with Crippen molar-refractivity contribution in [3.05, 3.63) is 29.6 Å². The molecule has 2 aromatic rings. The lowest BCUT2D eigenvalue weighted by molar-refractivity contribution is 0.465. The summed E-state index contributed by atoms with van der Waals surface area (Å²) in [6, 6.07) is 0. The fourth-order valence-electron chi connectivity index (χ4n) is 1.71. The molecule has 0 aromatic carbocycles. The summed E-state index contributed by atoms with van der Waals surface area (Å²) in [6.07, 6.45) is 3.43. The first-order valence-electron chi connectivity index (χ1n) is 5.56. The molecular weight excluding hydrogens is 257 g/mol. The van der Waals surface area contributed by atoms with Gasteiger partial charge in [-0.15, -0.1) is 12.4 Å². The van der Waals surface area contributed by atoms with Crippen molar-refractivity contribution in [2.45, 2.75) is 26.9 Å². The molecule has 0 saturated carbocycles. The highest BCUT2D eigenvalue weighted by atomic mass is 35.5.